The molecule has 3 aromatic rings. The molecule has 4 nitrogen and oxygen atoms in total. The number of nitrogens with one attached hydrogen (secondary N) is 1. The van der Waals surface area contributed by atoms with E-state index in [2.05, 4.69) is 5.32 Å². The van der Waals surface area contributed by atoms with Crippen LogP contribution in [0.3, 0.4) is 0 Å². The van der Waals surface area contributed by atoms with Gasteiger partial charge in [0, 0.05) is 22.2 Å². The molecule has 0 atom stereocenters. The Bertz CT molecular complexity index is 970. The summed E-state index contributed by atoms with van der Waals surface area (Å²) in [7, 11) is 0. The molecule has 0 fully saturated rings. The van der Waals surface area contributed by atoms with E-state index in [-0.39, 0.29) is 11.5 Å². The van der Waals surface area contributed by atoms with Crippen molar-refractivity contribution < 1.29 is 9.21 Å². The quantitative estimate of drug-likeness (QED) is 0.729. The topological polar surface area (TPSA) is 59.3 Å². The zero-order valence-corrected chi connectivity index (χ0v) is 13.3. The average molecular weight is 307 g/mol. The van der Waals surface area contributed by atoms with Crippen LogP contribution in [0.25, 0.3) is 11.0 Å². The lowest BCUT2D eigenvalue weighted by molar-refractivity contribution is 0.102. The number of aryl methyl sites for hydroxylation is 3. The van der Waals surface area contributed by atoms with Gasteiger partial charge >= 0.3 is 5.63 Å². The largest absolute Gasteiger partial charge is 0.423 e. The van der Waals surface area contributed by atoms with Gasteiger partial charge in [-0.1, -0.05) is 6.07 Å². The van der Waals surface area contributed by atoms with E-state index in [1.54, 1.807) is 31.2 Å². The molecule has 4 heteroatoms. The molecule has 23 heavy (non-hydrogen) atoms. The smallest absolute Gasteiger partial charge is 0.339 e. The molecule has 0 aliphatic heterocycles. The minimum atomic E-state index is -0.357. The van der Waals surface area contributed by atoms with Gasteiger partial charge in [0.15, 0.2) is 0 Å². The molecule has 0 aliphatic carbocycles. The molecule has 0 saturated heterocycles. The van der Waals surface area contributed by atoms with Crippen LogP contribution in [0.15, 0.2) is 51.7 Å². The lowest BCUT2D eigenvalue weighted by Gasteiger charge is -2.08. The zero-order chi connectivity index (χ0) is 16.6. The fraction of sp³-hybridized carbons (Fsp3) is 0.158. The summed E-state index contributed by atoms with van der Waals surface area (Å²) in [4.78, 5) is 23.9. The van der Waals surface area contributed by atoms with E-state index >= 15 is 0 Å². The summed E-state index contributed by atoms with van der Waals surface area (Å²) >= 11 is 0. The predicted octanol–water partition coefficient (Wildman–Crippen LogP) is 3.97. The molecule has 116 valence electrons. The second-order valence-electron chi connectivity index (χ2n) is 5.72. The Balaban J connectivity index is 1.92. The molecule has 1 amide bonds. The second-order valence-corrected chi connectivity index (χ2v) is 5.72. The molecule has 0 saturated carbocycles. The van der Waals surface area contributed by atoms with Gasteiger partial charge in [0.05, 0.1) is 0 Å². The Labute approximate surface area is 133 Å². The number of benzene rings is 2. The number of carbonyl (C=O) groups is 1. The minimum Gasteiger partial charge on any atom is -0.423 e. The van der Waals surface area contributed by atoms with E-state index in [0.717, 1.165) is 16.6 Å². The van der Waals surface area contributed by atoms with E-state index in [4.69, 9.17) is 4.42 Å². The van der Waals surface area contributed by atoms with Crippen LogP contribution >= 0.6 is 0 Å². The van der Waals surface area contributed by atoms with Crippen LogP contribution < -0.4 is 10.9 Å². The van der Waals surface area contributed by atoms with Gasteiger partial charge in [-0.25, -0.2) is 4.79 Å². The number of anilines is 1. The van der Waals surface area contributed by atoms with Crippen molar-refractivity contribution in [1.29, 1.82) is 0 Å². The van der Waals surface area contributed by atoms with Gasteiger partial charge in [-0.3, -0.25) is 4.79 Å². The van der Waals surface area contributed by atoms with Crippen molar-refractivity contribution in [3.63, 3.8) is 0 Å². The lowest BCUT2D eigenvalue weighted by atomic mass is 10.1. The Kier molecular flexibility index (Phi) is 3.74. The standard InChI is InChI=1S/C19H17NO3/c1-11-4-6-16(9-12(11)2)20-18(21)14-5-7-17-15(10-14)8-13(3)19(22)23-17/h4-10H,1-3H3,(H,20,21). The van der Waals surface area contributed by atoms with Gasteiger partial charge in [-0.15, -0.1) is 0 Å². The molecule has 0 unspecified atom stereocenters. The molecule has 3 rings (SSSR count). The first-order valence-electron chi connectivity index (χ1n) is 7.37. The van der Waals surface area contributed by atoms with Gasteiger partial charge < -0.3 is 9.73 Å². The maximum atomic E-state index is 12.4. The molecule has 2 aromatic carbocycles. The highest BCUT2D eigenvalue weighted by molar-refractivity contribution is 6.06. The molecule has 0 aliphatic rings. The van der Waals surface area contributed by atoms with Crippen LogP contribution in [-0.2, 0) is 0 Å². The van der Waals surface area contributed by atoms with E-state index in [9.17, 15) is 9.59 Å². The van der Waals surface area contributed by atoms with Crippen molar-refractivity contribution in [3.8, 4) is 0 Å². The summed E-state index contributed by atoms with van der Waals surface area (Å²) in [5, 5.41) is 3.62. The van der Waals surface area contributed by atoms with Crippen LogP contribution in [0, 0.1) is 20.8 Å². The predicted molar refractivity (Wildman–Crippen MR) is 91.1 cm³/mol. The molecule has 1 N–H and O–H groups in total. The van der Waals surface area contributed by atoms with Crippen molar-refractivity contribution in [2.75, 3.05) is 5.32 Å². The fourth-order valence-corrected chi connectivity index (χ4v) is 2.39. The minimum absolute atomic E-state index is 0.195. The summed E-state index contributed by atoms with van der Waals surface area (Å²) in [5.41, 5.74) is 4.22. The molecule has 0 radical (unpaired) electrons. The van der Waals surface area contributed by atoms with Crippen LogP contribution in [0.4, 0.5) is 5.69 Å². The van der Waals surface area contributed by atoms with Crippen molar-refractivity contribution in [1.82, 2.24) is 0 Å². The number of rotatable bonds is 2. The van der Waals surface area contributed by atoms with Gasteiger partial charge in [-0.2, -0.15) is 0 Å². The molecule has 1 heterocycles. The SMILES string of the molecule is Cc1ccc(NC(=O)c2ccc3oc(=O)c(C)cc3c2)cc1C. The summed E-state index contributed by atoms with van der Waals surface area (Å²) < 4.78 is 5.19. The van der Waals surface area contributed by atoms with Crippen LogP contribution in [0.1, 0.15) is 27.0 Å². The molecule has 0 bridgehead atoms. The Morgan fingerprint density at radius 2 is 1.70 bits per heavy atom. The average Bonchev–Trinajstić information content (AvgIpc) is 2.51. The van der Waals surface area contributed by atoms with Gasteiger partial charge in [-0.05, 0) is 68.3 Å². The fourth-order valence-electron chi connectivity index (χ4n) is 2.39. The third kappa shape index (κ3) is 3.01. The van der Waals surface area contributed by atoms with Crippen molar-refractivity contribution in [2.45, 2.75) is 20.8 Å². The van der Waals surface area contributed by atoms with Gasteiger partial charge in [0.1, 0.15) is 5.58 Å². The normalized spacial score (nSPS) is 10.7. The number of amides is 1. The van der Waals surface area contributed by atoms with E-state index < -0.39 is 0 Å². The summed E-state index contributed by atoms with van der Waals surface area (Å²) in [6, 6.07) is 12.5. The van der Waals surface area contributed by atoms with Gasteiger partial charge in [0.2, 0.25) is 0 Å². The maximum Gasteiger partial charge on any atom is 0.339 e. The Hall–Kier alpha value is -2.88. The van der Waals surface area contributed by atoms with Crippen molar-refractivity contribution in [3.05, 3.63) is 75.1 Å². The number of fused-ring (bicyclic) bond motifs is 1. The molecular weight excluding hydrogens is 290 g/mol. The van der Waals surface area contributed by atoms with E-state index in [1.807, 2.05) is 32.0 Å². The third-order valence-electron chi connectivity index (χ3n) is 3.93. The maximum absolute atomic E-state index is 12.4. The lowest BCUT2D eigenvalue weighted by Crippen LogP contribution is -2.12. The first-order chi connectivity index (χ1) is 10.9. The van der Waals surface area contributed by atoms with Crippen molar-refractivity contribution in [2.24, 2.45) is 0 Å². The zero-order valence-electron chi connectivity index (χ0n) is 13.3. The Morgan fingerprint density at radius 1 is 0.913 bits per heavy atom. The van der Waals surface area contributed by atoms with Crippen molar-refractivity contribution >= 4 is 22.6 Å². The number of hydrogen-bond acceptors (Lipinski definition) is 3. The van der Waals surface area contributed by atoms with Crippen LogP contribution in [0.2, 0.25) is 0 Å². The highest BCUT2D eigenvalue weighted by atomic mass is 16.4. The highest BCUT2D eigenvalue weighted by Gasteiger charge is 2.09. The third-order valence-corrected chi connectivity index (χ3v) is 3.93. The molecule has 0 spiro atoms. The second kappa shape index (κ2) is 5.72. The number of hydrogen-bond donors (Lipinski definition) is 1. The van der Waals surface area contributed by atoms with Crippen LogP contribution in [0.5, 0.6) is 0 Å². The number of carbonyl (C=O) groups excluding carboxylic acids is 1. The summed E-state index contributed by atoms with van der Waals surface area (Å²) in [5.74, 6) is -0.195. The summed E-state index contributed by atoms with van der Waals surface area (Å²) in [6.45, 7) is 5.72. The first-order valence-corrected chi connectivity index (χ1v) is 7.37. The summed E-state index contributed by atoms with van der Waals surface area (Å²) in [6.07, 6.45) is 0. The van der Waals surface area contributed by atoms with E-state index in [0.29, 0.717) is 16.7 Å². The first kappa shape index (κ1) is 15.0. The van der Waals surface area contributed by atoms with Gasteiger partial charge in [0.25, 0.3) is 5.91 Å². The highest BCUT2D eigenvalue weighted by Crippen LogP contribution is 2.18. The van der Waals surface area contributed by atoms with Crippen LogP contribution in [-0.4, -0.2) is 5.91 Å². The molecule has 1 aromatic heterocycles. The van der Waals surface area contributed by atoms with E-state index in [1.165, 1.54) is 5.56 Å². The Morgan fingerprint density at radius 3 is 2.43 bits per heavy atom. The monoisotopic (exact) mass is 307 g/mol. The molecular formula is C19H17NO3.